The Kier molecular flexibility index (Phi) is 5.86. The van der Waals surface area contributed by atoms with Gasteiger partial charge < -0.3 is 19.5 Å². The van der Waals surface area contributed by atoms with Crippen LogP contribution in [0.5, 0.6) is 17.2 Å². The van der Waals surface area contributed by atoms with E-state index < -0.39 is 0 Å². The lowest BCUT2D eigenvalue weighted by Gasteiger charge is -2.31. The Morgan fingerprint density at radius 2 is 2.04 bits per heavy atom. The number of aryl methyl sites for hydroxylation is 1. The van der Waals surface area contributed by atoms with Gasteiger partial charge in [0.1, 0.15) is 18.5 Å². The molecule has 2 aromatic carbocycles. The Balaban J connectivity index is 1.60. The van der Waals surface area contributed by atoms with Gasteiger partial charge in [-0.05, 0) is 50.7 Å². The Bertz CT molecular complexity index is 809. The molecular weight excluding hydrogens is 344 g/mol. The Hall–Kier alpha value is -2.73. The average molecular weight is 370 g/mol. The van der Waals surface area contributed by atoms with Crippen molar-refractivity contribution in [2.75, 3.05) is 32.6 Å². The third kappa shape index (κ3) is 4.52. The maximum absolute atomic E-state index is 12.7. The van der Waals surface area contributed by atoms with Crippen molar-refractivity contribution < 1.29 is 19.0 Å². The van der Waals surface area contributed by atoms with Gasteiger partial charge >= 0.3 is 0 Å². The molecule has 6 heteroatoms. The molecule has 0 aromatic heterocycles. The summed E-state index contributed by atoms with van der Waals surface area (Å²) in [4.78, 5) is 14.7. The summed E-state index contributed by atoms with van der Waals surface area (Å²) in [6, 6.07) is 13.0. The molecule has 0 radical (unpaired) electrons. The number of hydrogen-bond donors (Lipinski definition) is 1. The first-order valence-electron chi connectivity index (χ1n) is 9.02. The number of carbonyl (C=O) groups is 1. The summed E-state index contributed by atoms with van der Waals surface area (Å²) >= 11 is 0. The summed E-state index contributed by atoms with van der Waals surface area (Å²) < 4.78 is 17.1. The summed E-state index contributed by atoms with van der Waals surface area (Å²) in [5.41, 5.74) is 1.73. The Labute approximate surface area is 160 Å². The highest BCUT2D eigenvalue weighted by atomic mass is 16.6. The van der Waals surface area contributed by atoms with E-state index in [2.05, 4.69) is 5.32 Å². The predicted octanol–water partition coefficient (Wildman–Crippen LogP) is 3.10. The highest BCUT2D eigenvalue weighted by Crippen LogP contribution is 2.31. The molecule has 1 amide bonds. The summed E-state index contributed by atoms with van der Waals surface area (Å²) in [5.74, 6) is 2.04. The van der Waals surface area contributed by atoms with Crippen molar-refractivity contribution in [3.05, 3.63) is 48.0 Å². The van der Waals surface area contributed by atoms with E-state index in [4.69, 9.17) is 14.2 Å². The van der Waals surface area contributed by atoms with Crippen molar-refractivity contribution >= 4 is 11.6 Å². The molecule has 2 atom stereocenters. The van der Waals surface area contributed by atoms with Crippen molar-refractivity contribution in [3.63, 3.8) is 0 Å². The van der Waals surface area contributed by atoms with E-state index in [-0.39, 0.29) is 18.1 Å². The number of methoxy groups -OCH3 is 1. The Morgan fingerprint density at radius 3 is 2.78 bits per heavy atom. The van der Waals surface area contributed by atoms with Crippen LogP contribution in [-0.2, 0) is 4.79 Å². The maximum Gasteiger partial charge on any atom is 0.241 e. The molecule has 0 aliphatic carbocycles. The van der Waals surface area contributed by atoms with Gasteiger partial charge in [-0.15, -0.1) is 0 Å². The van der Waals surface area contributed by atoms with E-state index >= 15 is 0 Å². The number of likely N-dealkylation sites (N-methyl/N-ethyl adjacent to an activating group) is 1. The molecule has 0 bridgehead atoms. The molecule has 1 N–H and O–H groups in total. The van der Waals surface area contributed by atoms with E-state index in [0.29, 0.717) is 24.6 Å². The van der Waals surface area contributed by atoms with Gasteiger partial charge in [0, 0.05) is 6.54 Å². The van der Waals surface area contributed by atoms with Crippen molar-refractivity contribution in [1.29, 1.82) is 0 Å². The second-order valence-corrected chi connectivity index (χ2v) is 6.81. The van der Waals surface area contributed by atoms with Crippen LogP contribution < -0.4 is 19.5 Å². The minimum Gasteiger partial charge on any atom is -0.495 e. The summed E-state index contributed by atoms with van der Waals surface area (Å²) in [6.45, 7) is 4.88. The van der Waals surface area contributed by atoms with E-state index in [1.165, 1.54) is 0 Å². The zero-order valence-electron chi connectivity index (χ0n) is 16.2. The molecule has 0 unspecified atom stereocenters. The van der Waals surface area contributed by atoms with Gasteiger partial charge in [-0.3, -0.25) is 9.69 Å². The molecular formula is C21H26N2O4. The molecule has 1 heterocycles. The predicted molar refractivity (Wildman–Crippen MR) is 105 cm³/mol. The van der Waals surface area contributed by atoms with Crippen LogP contribution in [0.4, 0.5) is 5.69 Å². The lowest BCUT2D eigenvalue weighted by Crippen LogP contribution is -2.46. The average Bonchev–Trinajstić information content (AvgIpc) is 2.67. The molecule has 0 saturated heterocycles. The highest BCUT2D eigenvalue weighted by molar-refractivity contribution is 5.95. The van der Waals surface area contributed by atoms with E-state index in [0.717, 1.165) is 17.1 Å². The van der Waals surface area contributed by atoms with Gasteiger partial charge in [-0.25, -0.2) is 0 Å². The number of ether oxygens (including phenoxy) is 3. The van der Waals surface area contributed by atoms with Crippen LogP contribution in [0.3, 0.4) is 0 Å². The van der Waals surface area contributed by atoms with Crippen molar-refractivity contribution in [2.45, 2.75) is 26.0 Å². The summed E-state index contributed by atoms with van der Waals surface area (Å²) in [6.07, 6.45) is -0.131. The molecule has 2 aromatic rings. The van der Waals surface area contributed by atoms with E-state index in [1.807, 2.05) is 68.3 Å². The fraction of sp³-hybridized carbons (Fsp3) is 0.381. The lowest BCUT2D eigenvalue weighted by atomic mass is 10.2. The molecule has 144 valence electrons. The van der Waals surface area contributed by atoms with Gasteiger partial charge in [0.25, 0.3) is 0 Å². The Morgan fingerprint density at radius 1 is 1.30 bits per heavy atom. The minimum atomic E-state index is -0.337. The number of nitrogens with one attached hydrogen (secondary N) is 1. The first kappa shape index (κ1) is 19.0. The molecule has 3 rings (SSSR count). The number of carbonyl (C=O) groups excluding carboxylic acids is 1. The number of rotatable bonds is 6. The number of hydrogen-bond acceptors (Lipinski definition) is 5. The topological polar surface area (TPSA) is 60.0 Å². The van der Waals surface area contributed by atoms with Crippen molar-refractivity contribution in [3.8, 4) is 17.2 Å². The normalized spacial score (nSPS) is 16.7. The number of para-hydroxylation sites is 2. The molecule has 0 fully saturated rings. The monoisotopic (exact) mass is 370 g/mol. The van der Waals surface area contributed by atoms with Crippen LogP contribution in [0.1, 0.15) is 12.5 Å². The molecule has 27 heavy (non-hydrogen) atoms. The number of anilines is 1. The fourth-order valence-corrected chi connectivity index (χ4v) is 2.99. The van der Waals surface area contributed by atoms with Crippen LogP contribution >= 0.6 is 0 Å². The second-order valence-electron chi connectivity index (χ2n) is 6.81. The minimum absolute atomic E-state index is 0.0986. The lowest BCUT2D eigenvalue weighted by molar-refractivity contribution is -0.120. The first-order chi connectivity index (χ1) is 13.0. The smallest absolute Gasteiger partial charge is 0.241 e. The van der Waals surface area contributed by atoms with Gasteiger partial charge in [-0.1, -0.05) is 18.2 Å². The quantitative estimate of drug-likeness (QED) is 0.847. The standard InChI is InChI=1S/C21H26N2O4/c1-14-9-10-18(25-4)17(11-14)22-21(24)15(2)23(3)12-16-13-26-19-7-5-6-8-20(19)27-16/h5-11,15-16H,12-13H2,1-4H3,(H,22,24)/t15-,16+/m1/s1. The molecule has 0 spiro atoms. The van der Waals surface area contributed by atoms with E-state index in [1.54, 1.807) is 7.11 Å². The molecule has 1 aliphatic rings. The van der Waals surface area contributed by atoms with Gasteiger partial charge in [0.15, 0.2) is 11.5 Å². The molecule has 1 aliphatic heterocycles. The van der Waals surface area contributed by atoms with Crippen LogP contribution in [0.25, 0.3) is 0 Å². The first-order valence-corrected chi connectivity index (χ1v) is 9.02. The van der Waals surface area contributed by atoms with Crippen LogP contribution in [-0.4, -0.2) is 50.3 Å². The molecule has 6 nitrogen and oxygen atoms in total. The number of fused-ring (bicyclic) bond motifs is 1. The zero-order chi connectivity index (χ0) is 19.4. The fourth-order valence-electron chi connectivity index (χ4n) is 2.99. The van der Waals surface area contributed by atoms with Crippen molar-refractivity contribution in [2.24, 2.45) is 0 Å². The number of benzene rings is 2. The van der Waals surface area contributed by atoms with Gasteiger partial charge in [0.05, 0.1) is 18.8 Å². The van der Waals surface area contributed by atoms with Crippen molar-refractivity contribution in [1.82, 2.24) is 4.90 Å². The zero-order valence-corrected chi connectivity index (χ0v) is 16.2. The third-order valence-corrected chi connectivity index (χ3v) is 4.71. The number of nitrogens with zero attached hydrogens (tertiary/aromatic N) is 1. The van der Waals surface area contributed by atoms with Gasteiger partial charge in [-0.2, -0.15) is 0 Å². The van der Waals surface area contributed by atoms with Gasteiger partial charge in [0.2, 0.25) is 5.91 Å². The van der Waals surface area contributed by atoms with Crippen LogP contribution in [0.15, 0.2) is 42.5 Å². The summed E-state index contributed by atoms with van der Waals surface area (Å²) in [7, 11) is 3.50. The largest absolute Gasteiger partial charge is 0.495 e. The van der Waals surface area contributed by atoms with Crippen LogP contribution in [0.2, 0.25) is 0 Å². The molecule has 0 saturated carbocycles. The summed E-state index contributed by atoms with van der Waals surface area (Å²) in [5, 5.41) is 2.96. The highest BCUT2D eigenvalue weighted by Gasteiger charge is 2.26. The van der Waals surface area contributed by atoms with E-state index in [9.17, 15) is 4.79 Å². The maximum atomic E-state index is 12.7. The SMILES string of the molecule is COc1ccc(C)cc1NC(=O)[C@@H](C)N(C)C[C@H]1COc2ccccc2O1. The van der Waals surface area contributed by atoms with Crippen LogP contribution in [0, 0.1) is 6.92 Å². The second kappa shape index (κ2) is 8.31. The number of amides is 1. The third-order valence-electron chi connectivity index (χ3n) is 4.71.